The monoisotopic (exact) mass is 325 g/mol. The average Bonchev–Trinajstić information content (AvgIpc) is 2.81. The van der Waals surface area contributed by atoms with E-state index in [0.717, 1.165) is 0 Å². The highest BCUT2D eigenvalue weighted by Gasteiger charge is 2.20. The van der Waals surface area contributed by atoms with Gasteiger partial charge < -0.3 is 9.29 Å². The normalized spacial score (nSPS) is 12.3. The van der Waals surface area contributed by atoms with E-state index in [1.165, 1.54) is 23.1 Å². The second-order valence-electron chi connectivity index (χ2n) is 4.65. The average molecular weight is 325 g/mol. The number of hydrogen-bond donors (Lipinski definition) is 0. The predicted molar refractivity (Wildman–Crippen MR) is 79.1 cm³/mol. The van der Waals surface area contributed by atoms with Gasteiger partial charge in [0.2, 0.25) is 0 Å². The number of benzene rings is 1. The molecule has 2 rings (SSSR count). The van der Waals surface area contributed by atoms with Crippen molar-refractivity contribution < 1.29 is 18.5 Å². The lowest BCUT2D eigenvalue weighted by Crippen LogP contribution is -2.11. The SMILES string of the molecule is CCOC(=O)c1cc(-n2nc([S+](C)[O-])nc2C)c(F)cc1C. The molecule has 0 bridgehead atoms. The summed E-state index contributed by atoms with van der Waals surface area (Å²) in [7, 11) is 0. The van der Waals surface area contributed by atoms with E-state index in [4.69, 9.17) is 4.74 Å². The Bertz CT molecular complexity index is 716. The molecule has 0 aliphatic heterocycles. The molecule has 118 valence electrons. The minimum atomic E-state index is -1.38. The Morgan fingerprint density at radius 1 is 1.45 bits per heavy atom. The van der Waals surface area contributed by atoms with E-state index >= 15 is 0 Å². The third-order valence-electron chi connectivity index (χ3n) is 3.02. The number of carbonyl (C=O) groups excluding carboxylic acids is 1. The van der Waals surface area contributed by atoms with Gasteiger partial charge in [-0.15, -0.1) is 0 Å². The first-order chi connectivity index (χ1) is 10.3. The van der Waals surface area contributed by atoms with Gasteiger partial charge >= 0.3 is 11.1 Å². The Labute approximate surface area is 130 Å². The zero-order valence-corrected chi connectivity index (χ0v) is 13.5. The Hall–Kier alpha value is -1.93. The summed E-state index contributed by atoms with van der Waals surface area (Å²) >= 11 is -1.38. The van der Waals surface area contributed by atoms with Crippen molar-refractivity contribution in [1.82, 2.24) is 14.8 Å². The quantitative estimate of drug-likeness (QED) is 0.634. The van der Waals surface area contributed by atoms with E-state index in [0.29, 0.717) is 11.4 Å². The summed E-state index contributed by atoms with van der Waals surface area (Å²) in [6.07, 6.45) is 1.44. The molecule has 0 aliphatic rings. The number of aryl methyl sites for hydroxylation is 2. The van der Waals surface area contributed by atoms with Gasteiger partial charge in [-0.05, 0) is 38.5 Å². The zero-order chi connectivity index (χ0) is 16.4. The fourth-order valence-corrected chi connectivity index (χ4v) is 2.43. The van der Waals surface area contributed by atoms with Crippen LogP contribution in [-0.2, 0) is 15.9 Å². The van der Waals surface area contributed by atoms with Crippen LogP contribution in [0.1, 0.15) is 28.7 Å². The zero-order valence-electron chi connectivity index (χ0n) is 12.7. The van der Waals surface area contributed by atoms with Gasteiger partial charge in [-0.1, -0.05) is 5.10 Å². The number of halogens is 1. The van der Waals surface area contributed by atoms with Crippen molar-refractivity contribution in [3.05, 3.63) is 34.9 Å². The molecule has 0 fully saturated rings. The first-order valence-electron chi connectivity index (χ1n) is 6.59. The lowest BCUT2D eigenvalue weighted by Gasteiger charge is -2.10. The molecule has 2 aromatic rings. The molecule has 1 atom stereocenters. The third kappa shape index (κ3) is 3.12. The van der Waals surface area contributed by atoms with Crippen LogP contribution in [0.5, 0.6) is 0 Å². The first kappa shape index (κ1) is 16.4. The molecule has 0 spiro atoms. The molecule has 1 unspecified atom stereocenters. The lowest BCUT2D eigenvalue weighted by molar-refractivity contribution is 0.0525. The van der Waals surface area contributed by atoms with Crippen LogP contribution in [0.4, 0.5) is 4.39 Å². The van der Waals surface area contributed by atoms with Crippen LogP contribution in [0, 0.1) is 19.7 Å². The van der Waals surface area contributed by atoms with E-state index in [1.54, 1.807) is 20.8 Å². The molecule has 0 N–H and O–H groups in total. The number of nitrogens with zero attached hydrogens (tertiary/aromatic N) is 3. The van der Waals surface area contributed by atoms with Gasteiger partial charge in [-0.2, -0.15) is 4.98 Å². The summed E-state index contributed by atoms with van der Waals surface area (Å²) < 4.78 is 31.9. The van der Waals surface area contributed by atoms with Crippen molar-refractivity contribution in [2.45, 2.75) is 25.9 Å². The van der Waals surface area contributed by atoms with Crippen molar-refractivity contribution in [2.75, 3.05) is 12.9 Å². The topological polar surface area (TPSA) is 80.1 Å². The van der Waals surface area contributed by atoms with Gasteiger partial charge in [-0.3, -0.25) is 0 Å². The minimum Gasteiger partial charge on any atom is -0.609 e. The lowest BCUT2D eigenvalue weighted by atomic mass is 10.1. The number of ether oxygens (including phenoxy) is 1. The van der Waals surface area contributed by atoms with E-state index < -0.39 is 23.0 Å². The third-order valence-corrected chi connectivity index (χ3v) is 3.71. The fraction of sp³-hybridized carbons (Fsp3) is 0.357. The summed E-state index contributed by atoms with van der Waals surface area (Å²) in [5.41, 5.74) is 0.791. The molecule has 8 heteroatoms. The molecule has 1 aromatic carbocycles. The van der Waals surface area contributed by atoms with Gasteiger partial charge in [0.25, 0.3) is 0 Å². The minimum absolute atomic E-state index is 0.0651. The number of carbonyl (C=O) groups is 1. The molecular weight excluding hydrogens is 309 g/mol. The van der Waals surface area contributed by atoms with E-state index in [9.17, 15) is 13.7 Å². The molecular formula is C14H16FN3O3S. The Morgan fingerprint density at radius 3 is 2.68 bits per heavy atom. The molecule has 0 saturated heterocycles. The van der Waals surface area contributed by atoms with E-state index in [1.807, 2.05) is 0 Å². The number of hydrogen-bond acceptors (Lipinski definition) is 5. The van der Waals surface area contributed by atoms with Crippen molar-refractivity contribution in [1.29, 1.82) is 0 Å². The van der Waals surface area contributed by atoms with Gasteiger partial charge in [-0.25, -0.2) is 13.9 Å². The van der Waals surface area contributed by atoms with Gasteiger partial charge in [0.1, 0.15) is 23.6 Å². The summed E-state index contributed by atoms with van der Waals surface area (Å²) in [6, 6.07) is 2.61. The van der Waals surface area contributed by atoms with Crippen molar-refractivity contribution in [2.24, 2.45) is 0 Å². The number of rotatable bonds is 4. The largest absolute Gasteiger partial charge is 0.609 e. The number of aromatic nitrogens is 3. The van der Waals surface area contributed by atoms with Crippen LogP contribution >= 0.6 is 0 Å². The van der Waals surface area contributed by atoms with Crippen LogP contribution in [0.25, 0.3) is 5.69 Å². The molecule has 0 saturated carbocycles. The molecule has 0 amide bonds. The van der Waals surface area contributed by atoms with E-state index in [2.05, 4.69) is 10.1 Å². The van der Waals surface area contributed by atoms with Crippen LogP contribution in [-0.4, -0.2) is 38.1 Å². The maximum atomic E-state index is 14.2. The van der Waals surface area contributed by atoms with Crippen molar-refractivity contribution in [3.63, 3.8) is 0 Å². The maximum absolute atomic E-state index is 14.2. The second-order valence-corrected chi connectivity index (χ2v) is 5.92. The predicted octanol–water partition coefficient (Wildman–Crippen LogP) is 1.94. The van der Waals surface area contributed by atoms with Gasteiger partial charge in [0.05, 0.1) is 12.2 Å². The first-order valence-corrected chi connectivity index (χ1v) is 8.15. The van der Waals surface area contributed by atoms with Crippen LogP contribution in [0.15, 0.2) is 17.3 Å². The summed E-state index contributed by atoms with van der Waals surface area (Å²) in [4.78, 5) is 15.9. The van der Waals surface area contributed by atoms with E-state index in [-0.39, 0.29) is 23.0 Å². The molecule has 0 radical (unpaired) electrons. The Balaban J connectivity index is 2.56. The summed E-state index contributed by atoms with van der Waals surface area (Å²) in [6.45, 7) is 5.17. The molecule has 6 nitrogen and oxygen atoms in total. The summed E-state index contributed by atoms with van der Waals surface area (Å²) in [5.74, 6) is -0.701. The highest BCUT2D eigenvalue weighted by atomic mass is 32.2. The van der Waals surface area contributed by atoms with Crippen molar-refractivity contribution >= 4 is 17.1 Å². The summed E-state index contributed by atoms with van der Waals surface area (Å²) in [5, 5.41) is 4.14. The highest BCUT2D eigenvalue weighted by Crippen LogP contribution is 2.21. The van der Waals surface area contributed by atoms with Crippen molar-refractivity contribution in [3.8, 4) is 5.69 Å². The standard InChI is InChI=1S/C14H16FN3O3S/c1-5-21-13(19)10-7-12(11(15)6-8(10)2)18-9(3)16-14(17-18)22(4)20/h6-7H,5H2,1-4H3. The second kappa shape index (κ2) is 6.45. The maximum Gasteiger partial charge on any atom is 0.361 e. The molecule has 0 aliphatic carbocycles. The van der Waals surface area contributed by atoms with Gasteiger partial charge in [0, 0.05) is 11.2 Å². The van der Waals surface area contributed by atoms with Crippen LogP contribution in [0.3, 0.4) is 0 Å². The van der Waals surface area contributed by atoms with Crippen LogP contribution < -0.4 is 0 Å². The van der Waals surface area contributed by atoms with Crippen LogP contribution in [0.2, 0.25) is 0 Å². The Morgan fingerprint density at radius 2 is 2.14 bits per heavy atom. The van der Waals surface area contributed by atoms with Gasteiger partial charge in [0.15, 0.2) is 0 Å². The molecule has 1 heterocycles. The smallest absolute Gasteiger partial charge is 0.361 e. The molecule has 22 heavy (non-hydrogen) atoms. The fourth-order valence-electron chi connectivity index (χ4n) is 1.97. The Kier molecular flexibility index (Phi) is 4.82. The molecule has 1 aromatic heterocycles. The highest BCUT2D eigenvalue weighted by molar-refractivity contribution is 7.90. The number of esters is 1.